The lowest BCUT2D eigenvalue weighted by molar-refractivity contribution is -0.140. The zero-order valence-electron chi connectivity index (χ0n) is 18.5. The first-order chi connectivity index (χ1) is 15.9. The lowest BCUT2D eigenvalue weighted by Gasteiger charge is -2.31. The van der Waals surface area contributed by atoms with Crippen LogP contribution in [0.15, 0.2) is 59.8 Å². The number of ether oxygens (including phenoxy) is 3. The van der Waals surface area contributed by atoms with Crippen LogP contribution in [-0.2, 0) is 16.1 Å². The summed E-state index contributed by atoms with van der Waals surface area (Å²) in [5.74, 6) is 0.837. The van der Waals surface area contributed by atoms with Gasteiger partial charge in [-0.3, -0.25) is 0 Å². The summed E-state index contributed by atoms with van der Waals surface area (Å²) in [6.45, 7) is 1.93. The van der Waals surface area contributed by atoms with Gasteiger partial charge in [0.1, 0.15) is 29.7 Å². The van der Waals surface area contributed by atoms with Crippen molar-refractivity contribution in [1.82, 2.24) is 9.97 Å². The van der Waals surface area contributed by atoms with Crippen molar-refractivity contribution in [2.45, 2.75) is 19.4 Å². The number of nitrogens with two attached hydrogens (primary N) is 1. The molecule has 0 fully saturated rings. The highest BCUT2D eigenvalue weighted by Crippen LogP contribution is 2.47. The van der Waals surface area contributed by atoms with Crippen LogP contribution in [0.25, 0.3) is 0 Å². The summed E-state index contributed by atoms with van der Waals surface area (Å²) in [4.78, 5) is 20.7. The first kappa shape index (κ1) is 22.3. The SMILES string of the molecule is COc1ccc(OC)c(C2C(C(=O)OCc3ccccc3)=C(C)Nc3nc(=S)[nH]c(N)c32)c1. The number of aromatic nitrogens is 2. The smallest absolute Gasteiger partial charge is 0.337 e. The lowest BCUT2D eigenvalue weighted by Crippen LogP contribution is -2.26. The second kappa shape index (κ2) is 9.33. The van der Waals surface area contributed by atoms with Gasteiger partial charge < -0.3 is 30.2 Å². The Hall–Kier alpha value is -3.85. The van der Waals surface area contributed by atoms with Gasteiger partial charge in [0.2, 0.25) is 0 Å². The van der Waals surface area contributed by atoms with E-state index >= 15 is 0 Å². The van der Waals surface area contributed by atoms with Gasteiger partial charge in [0, 0.05) is 16.8 Å². The second-order valence-corrected chi connectivity index (χ2v) is 7.87. The van der Waals surface area contributed by atoms with Crippen molar-refractivity contribution in [3.8, 4) is 11.5 Å². The van der Waals surface area contributed by atoms with Crippen LogP contribution in [0, 0.1) is 4.77 Å². The van der Waals surface area contributed by atoms with Gasteiger partial charge in [-0.05, 0) is 42.9 Å². The number of H-pyrrole nitrogens is 1. The van der Waals surface area contributed by atoms with E-state index in [9.17, 15) is 4.79 Å². The molecular formula is C24H24N4O4S. The normalized spacial score (nSPS) is 14.8. The van der Waals surface area contributed by atoms with E-state index in [0.29, 0.717) is 45.5 Å². The summed E-state index contributed by atoms with van der Waals surface area (Å²) in [6.07, 6.45) is 0. The van der Waals surface area contributed by atoms with E-state index in [1.165, 1.54) is 0 Å². The average Bonchev–Trinajstić information content (AvgIpc) is 2.81. The number of nitrogens with zero attached hydrogens (tertiary/aromatic N) is 1. The van der Waals surface area contributed by atoms with E-state index in [-0.39, 0.29) is 11.4 Å². The molecule has 1 atom stereocenters. The van der Waals surface area contributed by atoms with Crippen LogP contribution >= 0.6 is 12.2 Å². The summed E-state index contributed by atoms with van der Waals surface area (Å²) >= 11 is 5.20. The van der Waals surface area contributed by atoms with Gasteiger partial charge >= 0.3 is 5.97 Å². The predicted molar refractivity (Wildman–Crippen MR) is 128 cm³/mol. The highest BCUT2D eigenvalue weighted by atomic mass is 32.1. The first-order valence-electron chi connectivity index (χ1n) is 10.2. The predicted octanol–water partition coefficient (Wildman–Crippen LogP) is 4.31. The fourth-order valence-electron chi connectivity index (χ4n) is 3.94. The Labute approximate surface area is 196 Å². The molecule has 0 amide bonds. The van der Waals surface area contributed by atoms with Crippen LogP contribution in [0.3, 0.4) is 0 Å². The third-order valence-corrected chi connectivity index (χ3v) is 5.66. The number of rotatable bonds is 6. The molecule has 170 valence electrons. The van der Waals surface area contributed by atoms with Gasteiger partial charge in [-0.1, -0.05) is 30.3 Å². The Kier molecular flexibility index (Phi) is 6.32. The van der Waals surface area contributed by atoms with Crippen molar-refractivity contribution in [3.63, 3.8) is 0 Å². The molecule has 33 heavy (non-hydrogen) atoms. The Bertz CT molecular complexity index is 1290. The van der Waals surface area contributed by atoms with E-state index < -0.39 is 11.9 Å². The van der Waals surface area contributed by atoms with Crippen LogP contribution in [-0.4, -0.2) is 30.2 Å². The molecular weight excluding hydrogens is 440 g/mol. The Morgan fingerprint density at radius 2 is 1.91 bits per heavy atom. The molecule has 0 spiro atoms. The standard InChI is InChI=1S/C24H24N4O4S/c1-13-18(23(29)32-12-14-7-5-4-6-8-14)19(16-11-15(30-2)9-10-17(16)31-3)20-21(25)27-24(33)28-22(20)26-13/h4-11,19H,12H2,1-3H3,(H4,25,26,27,28,33). The zero-order chi connectivity index (χ0) is 23.5. The molecule has 0 aliphatic carbocycles. The number of aromatic amines is 1. The van der Waals surface area contributed by atoms with Crippen molar-refractivity contribution in [1.29, 1.82) is 0 Å². The molecule has 0 bridgehead atoms. The third kappa shape index (κ3) is 4.40. The minimum Gasteiger partial charge on any atom is -0.497 e. The number of anilines is 2. The zero-order valence-corrected chi connectivity index (χ0v) is 19.3. The maximum Gasteiger partial charge on any atom is 0.337 e. The van der Waals surface area contributed by atoms with Gasteiger partial charge in [-0.2, -0.15) is 0 Å². The molecule has 4 rings (SSSR count). The fraction of sp³-hybridized carbons (Fsp3) is 0.208. The molecule has 0 saturated carbocycles. The molecule has 8 nitrogen and oxygen atoms in total. The van der Waals surface area contributed by atoms with Gasteiger partial charge in [-0.25, -0.2) is 9.78 Å². The van der Waals surface area contributed by atoms with Crippen molar-refractivity contribution < 1.29 is 19.0 Å². The van der Waals surface area contributed by atoms with E-state index in [1.807, 2.05) is 36.4 Å². The minimum atomic E-state index is -0.631. The van der Waals surface area contributed by atoms with Gasteiger partial charge in [0.05, 0.1) is 25.7 Å². The van der Waals surface area contributed by atoms with E-state index in [4.69, 9.17) is 32.2 Å². The quantitative estimate of drug-likeness (QED) is 0.365. The minimum absolute atomic E-state index is 0.135. The number of hydrogen-bond donors (Lipinski definition) is 3. The number of hydrogen-bond acceptors (Lipinski definition) is 8. The number of fused-ring (bicyclic) bond motifs is 1. The molecule has 0 saturated heterocycles. The summed E-state index contributed by atoms with van der Waals surface area (Å²) in [6, 6.07) is 14.9. The molecule has 3 aromatic rings. The number of benzene rings is 2. The maximum atomic E-state index is 13.4. The van der Waals surface area contributed by atoms with Crippen LogP contribution < -0.4 is 20.5 Å². The monoisotopic (exact) mass is 464 g/mol. The molecule has 1 unspecified atom stereocenters. The van der Waals surface area contributed by atoms with E-state index in [1.54, 1.807) is 33.3 Å². The van der Waals surface area contributed by atoms with Crippen molar-refractivity contribution in [2.75, 3.05) is 25.3 Å². The lowest BCUT2D eigenvalue weighted by atomic mass is 9.81. The second-order valence-electron chi connectivity index (χ2n) is 7.48. The number of nitrogen functional groups attached to an aromatic ring is 1. The first-order valence-corrected chi connectivity index (χ1v) is 10.6. The van der Waals surface area contributed by atoms with Gasteiger partial charge in [0.25, 0.3) is 0 Å². The van der Waals surface area contributed by atoms with Gasteiger partial charge in [0.15, 0.2) is 4.77 Å². The molecule has 0 radical (unpaired) electrons. The maximum absolute atomic E-state index is 13.4. The fourth-order valence-corrected chi connectivity index (χ4v) is 4.14. The summed E-state index contributed by atoms with van der Waals surface area (Å²) in [5.41, 5.74) is 9.48. The third-order valence-electron chi connectivity index (χ3n) is 5.47. The highest BCUT2D eigenvalue weighted by molar-refractivity contribution is 7.71. The average molecular weight is 465 g/mol. The van der Waals surface area contributed by atoms with Crippen LogP contribution in [0.1, 0.15) is 29.5 Å². The summed E-state index contributed by atoms with van der Waals surface area (Å²) < 4.78 is 17.0. The Morgan fingerprint density at radius 1 is 1.15 bits per heavy atom. The van der Waals surface area contributed by atoms with Gasteiger partial charge in [-0.15, -0.1) is 0 Å². The largest absolute Gasteiger partial charge is 0.497 e. The van der Waals surface area contributed by atoms with Crippen molar-refractivity contribution >= 4 is 29.8 Å². The van der Waals surface area contributed by atoms with Crippen molar-refractivity contribution in [2.24, 2.45) is 0 Å². The number of allylic oxidation sites excluding steroid dienone is 1. The number of carbonyl (C=O) groups is 1. The van der Waals surface area contributed by atoms with Crippen LogP contribution in [0.4, 0.5) is 11.6 Å². The molecule has 1 aromatic heterocycles. The molecule has 2 heterocycles. The number of carbonyl (C=O) groups excluding carboxylic acids is 1. The van der Waals surface area contributed by atoms with Crippen LogP contribution in [0.2, 0.25) is 0 Å². The highest BCUT2D eigenvalue weighted by Gasteiger charge is 2.37. The Balaban J connectivity index is 1.85. The molecule has 2 aromatic carbocycles. The number of esters is 1. The summed E-state index contributed by atoms with van der Waals surface area (Å²) in [7, 11) is 3.14. The van der Waals surface area contributed by atoms with Crippen LogP contribution in [0.5, 0.6) is 11.5 Å². The van der Waals surface area contributed by atoms with Crippen molar-refractivity contribution in [3.05, 3.63) is 81.3 Å². The number of methoxy groups -OCH3 is 2. The van der Waals surface area contributed by atoms with E-state index in [2.05, 4.69) is 15.3 Å². The summed E-state index contributed by atoms with van der Waals surface area (Å²) in [5, 5.41) is 3.17. The Morgan fingerprint density at radius 3 is 2.61 bits per heavy atom. The molecule has 4 N–H and O–H groups in total. The molecule has 1 aliphatic rings. The van der Waals surface area contributed by atoms with E-state index in [0.717, 1.165) is 5.56 Å². The number of nitrogens with one attached hydrogen (secondary N) is 2. The molecule has 1 aliphatic heterocycles. The topological polar surface area (TPSA) is 111 Å². The molecule has 9 heteroatoms.